The number of carbonyl (C=O) groups excluding carboxylic acids is 1. The molecule has 1 atom stereocenters. The zero-order valence-electron chi connectivity index (χ0n) is 11.9. The van der Waals surface area contributed by atoms with Crippen LogP contribution in [0.1, 0.15) is 33.6 Å². The fourth-order valence-electron chi connectivity index (χ4n) is 2.40. The molecule has 5 heteroatoms. The molecule has 0 aromatic carbocycles. The summed E-state index contributed by atoms with van der Waals surface area (Å²) >= 11 is 0. The van der Waals surface area contributed by atoms with Crippen molar-refractivity contribution in [3.8, 4) is 0 Å². The maximum Gasteiger partial charge on any atom is 0.491 e. The van der Waals surface area contributed by atoms with Crippen molar-refractivity contribution in [3.63, 3.8) is 0 Å². The summed E-state index contributed by atoms with van der Waals surface area (Å²) in [6.45, 7) is 9.50. The van der Waals surface area contributed by atoms with Crippen LogP contribution in [0.5, 0.6) is 0 Å². The minimum Gasteiger partial charge on any atom is -0.421 e. The second kappa shape index (κ2) is 5.85. The molecular formula is C15H19F3O2. The zero-order valence-corrected chi connectivity index (χ0v) is 11.9. The number of allylic oxidation sites excluding steroid dienone is 4. The van der Waals surface area contributed by atoms with Gasteiger partial charge in [-0.3, -0.25) is 0 Å². The lowest BCUT2D eigenvalue weighted by Gasteiger charge is -2.36. The summed E-state index contributed by atoms with van der Waals surface area (Å²) in [5.41, 5.74) is 1.18. The van der Waals surface area contributed by atoms with Gasteiger partial charge in [0, 0.05) is 5.92 Å². The monoisotopic (exact) mass is 288 g/mol. The van der Waals surface area contributed by atoms with Crippen molar-refractivity contribution >= 4 is 5.97 Å². The Labute approximate surface area is 117 Å². The molecule has 1 unspecified atom stereocenters. The molecule has 1 rings (SSSR count). The van der Waals surface area contributed by atoms with Gasteiger partial charge in [0.15, 0.2) is 0 Å². The van der Waals surface area contributed by atoms with Crippen LogP contribution in [0, 0.1) is 11.3 Å². The maximum absolute atomic E-state index is 12.0. The van der Waals surface area contributed by atoms with Crippen molar-refractivity contribution in [2.24, 2.45) is 11.3 Å². The Morgan fingerprint density at radius 1 is 1.50 bits per heavy atom. The Hall–Kier alpha value is -1.52. The molecule has 0 bridgehead atoms. The van der Waals surface area contributed by atoms with Gasteiger partial charge in [-0.2, -0.15) is 13.2 Å². The van der Waals surface area contributed by atoms with Crippen LogP contribution in [0.15, 0.2) is 36.1 Å². The summed E-state index contributed by atoms with van der Waals surface area (Å²) in [6.07, 6.45) is 2.18. The minimum absolute atomic E-state index is 0.0175. The highest BCUT2D eigenvalue weighted by molar-refractivity contribution is 5.76. The number of ether oxygens (including phenoxy) is 1. The molecule has 0 aromatic heterocycles. The summed E-state index contributed by atoms with van der Waals surface area (Å²) in [7, 11) is 0. The second-order valence-corrected chi connectivity index (χ2v) is 5.67. The van der Waals surface area contributed by atoms with Gasteiger partial charge >= 0.3 is 12.1 Å². The maximum atomic E-state index is 12.0. The molecule has 0 amide bonds. The molecule has 2 nitrogen and oxygen atoms in total. The van der Waals surface area contributed by atoms with Crippen LogP contribution in [-0.2, 0) is 9.53 Å². The molecule has 0 N–H and O–H groups in total. The van der Waals surface area contributed by atoms with Crippen molar-refractivity contribution < 1.29 is 22.7 Å². The molecule has 0 heterocycles. The van der Waals surface area contributed by atoms with Gasteiger partial charge in [0.2, 0.25) is 0 Å². The first-order valence-electron chi connectivity index (χ1n) is 6.37. The highest BCUT2D eigenvalue weighted by atomic mass is 19.4. The summed E-state index contributed by atoms with van der Waals surface area (Å²) in [5, 5.41) is 0. The topological polar surface area (TPSA) is 26.3 Å². The van der Waals surface area contributed by atoms with E-state index in [-0.39, 0.29) is 17.1 Å². The normalized spacial score (nSPS) is 22.5. The van der Waals surface area contributed by atoms with Gasteiger partial charge in [-0.25, -0.2) is 4.79 Å². The highest BCUT2D eigenvalue weighted by Crippen LogP contribution is 2.41. The van der Waals surface area contributed by atoms with E-state index in [1.54, 1.807) is 6.08 Å². The molecule has 112 valence electrons. The largest absolute Gasteiger partial charge is 0.491 e. The highest BCUT2D eigenvalue weighted by Gasteiger charge is 2.41. The lowest BCUT2D eigenvalue weighted by molar-refractivity contribution is -0.194. The number of esters is 1. The van der Waals surface area contributed by atoms with Gasteiger partial charge in [0.05, 0.1) is 0 Å². The van der Waals surface area contributed by atoms with Gasteiger partial charge in [-0.05, 0) is 31.3 Å². The Morgan fingerprint density at radius 2 is 2.10 bits per heavy atom. The Morgan fingerprint density at radius 3 is 2.60 bits per heavy atom. The fourth-order valence-corrected chi connectivity index (χ4v) is 2.40. The van der Waals surface area contributed by atoms with Gasteiger partial charge in [0.1, 0.15) is 5.76 Å². The van der Waals surface area contributed by atoms with Crippen LogP contribution >= 0.6 is 0 Å². The van der Waals surface area contributed by atoms with Gasteiger partial charge in [-0.15, -0.1) is 0 Å². The smallest absolute Gasteiger partial charge is 0.421 e. The van der Waals surface area contributed by atoms with E-state index in [1.165, 1.54) is 6.08 Å². The van der Waals surface area contributed by atoms with Gasteiger partial charge in [0.25, 0.3) is 0 Å². The van der Waals surface area contributed by atoms with E-state index in [1.807, 2.05) is 6.92 Å². The van der Waals surface area contributed by atoms with Gasteiger partial charge in [-0.1, -0.05) is 38.2 Å². The molecule has 0 aliphatic heterocycles. The lowest BCUT2D eigenvalue weighted by Crippen LogP contribution is -2.26. The molecule has 0 aromatic rings. The first-order chi connectivity index (χ1) is 9.04. The molecular weight excluding hydrogens is 269 g/mol. The quantitative estimate of drug-likeness (QED) is 0.330. The SMILES string of the molecule is C=C(/C=C/C1C(C)=CCCC1(C)C)OC(=O)C(F)(F)F. The first kappa shape index (κ1) is 16.5. The number of hydrogen-bond donors (Lipinski definition) is 0. The molecule has 1 aliphatic rings. The van der Waals surface area contributed by atoms with Crippen LogP contribution in [0.4, 0.5) is 13.2 Å². The Balaban J connectivity index is 2.72. The van der Waals surface area contributed by atoms with E-state index in [0.29, 0.717) is 0 Å². The standard InChI is InChI=1S/C15H19F3O2/c1-10-6-5-9-14(3,4)12(10)8-7-11(2)20-13(19)15(16,17)18/h6-8,12H,2,5,9H2,1,3-4H3/b8-7+. The molecule has 0 radical (unpaired) electrons. The van der Waals surface area contributed by atoms with Crippen LogP contribution < -0.4 is 0 Å². The fraction of sp³-hybridized carbons (Fsp3) is 0.533. The van der Waals surface area contributed by atoms with E-state index >= 15 is 0 Å². The predicted molar refractivity (Wildman–Crippen MR) is 70.7 cm³/mol. The number of hydrogen-bond acceptors (Lipinski definition) is 2. The van der Waals surface area contributed by atoms with Crippen molar-refractivity contribution in [1.82, 2.24) is 0 Å². The van der Waals surface area contributed by atoms with Crippen molar-refractivity contribution in [2.45, 2.75) is 39.8 Å². The first-order valence-corrected chi connectivity index (χ1v) is 6.37. The van der Waals surface area contributed by atoms with Crippen molar-refractivity contribution in [2.75, 3.05) is 0 Å². The summed E-state index contributed by atoms with van der Waals surface area (Å²) < 4.78 is 40.3. The average Bonchev–Trinajstić information content (AvgIpc) is 2.25. The van der Waals surface area contributed by atoms with Crippen LogP contribution in [0.25, 0.3) is 0 Å². The number of carbonyl (C=O) groups is 1. The summed E-state index contributed by atoms with van der Waals surface area (Å²) in [4.78, 5) is 10.7. The average molecular weight is 288 g/mol. The van der Waals surface area contributed by atoms with E-state index < -0.39 is 12.1 Å². The molecule has 0 fully saturated rings. The van der Waals surface area contributed by atoms with Crippen molar-refractivity contribution in [3.05, 3.63) is 36.1 Å². The van der Waals surface area contributed by atoms with E-state index in [9.17, 15) is 18.0 Å². The molecule has 20 heavy (non-hydrogen) atoms. The third-order valence-corrected chi connectivity index (χ3v) is 3.52. The lowest BCUT2D eigenvalue weighted by atomic mass is 9.68. The summed E-state index contributed by atoms with van der Waals surface area (Å²) in [6, 6.07) is 0. The number of rotatable bonds is 3. The Bertz CT molecular complexity index is 456. The molecule has 0 spiro atoms. The summed E-state index contributed by atoms with van der Waals surface area (Å²) in [5.74, 6) is -2.46. The van der Waals surface area contributed by atoms with Crippen molar-refractivity contribution in [1.29, 1.82) is 0 Å². The molecule has 0 saturated carbocycles. The zero-order chi connectivity index (χ0) is 15.6. The van der Waals surface area contributed by atoms with Crippen LogP contribution in [0.3, 0.4) is 0 Å². The predicted octanol–water partition coefficient (Wildman–Crippen LogP) is 4.54. The minimum atomic E-state index is -5.00. The molecule has 0 saturated heterocycles. The molecule has 1 aliphatic carbocycles. The third-order valence-electron chi connectivity index (χ3n) is 3.52. The number of halogens is 3. The second-order valence-electron chi connectivity index (χ2n) is 5.67. The van der Waals surface area contributed by atoms with Gasteiger partial charge < -0.3 is 4.74 Å². The van der Waals surface area contributed by atoms with E-state index in [2.05, 4.69) is 31.2 Å². The van der Waals surface area contributed by atoms with E-state index in [4.69, 9.17) is 0 Å². The van der Waals surface area contributed by atoms with E-state index in [0.717, 1.165) is 18.4 Å². The third kappa shape index (κ3) is 4.25. The van der Waals surface area contributed by atoms with Crippen LogP contribution in [0.2, 0.25) is 0 Å². The Kier molecular flexibility index (Phi) is 4.84. The number of alkyl halides is 3. The van der Waals surface area contributed by atoms with Crippen LogP contribution in [-0.4, -0.2) is 12.1 Å².